The highest BCUT2D eigenvalue weighted by atomic mass is 35.5. The van der Waals surface area contributed by atoms with E-state index in [1.165, 1.54) is 0 Å². The van der Waals surface area contributed by atoms with E-state index in [2.05, 4.69) is 0 Å². The van der Waals surface area contributed by atoms with Gasteiger partial charge in [0.25, 0.3) is 0 Å². The zero-order chi connectivity index (χ0) is 13.5. The van der Waals surface area contributed by atoms with Gasteiger partial charge in [0.1, 0.15) is 6.10 Å². The first kappa shape index (κ1) is 14.3. The molecule has 0 saturated carbocycles. The number of halogens is 1. The van der Waals surface area contributed by atoms with Gasteiger partial charge in [0, 0.05) is 23.6 Å². The van der Waals surface area contributed by atoms with Crippen LogP contribution in [0, 0.1) is 0 Å². The van der Waals surface area contributed by atoms with E-state index in [9.17, 15) is 9.59 Å². The molecule has 5 heteroatoms. The Bertz CT molecular complexity index is 451. The quantitative estimate of drug-likeness (QED) is 0.658. The van der Waals surface area contributed by atoms with E-state index in [0.29, 0.717) is 11.4 Å². The summed E-state index contributed by atoms with van der Waals surface area (Å²) in [6, 6.07) is 7.21. The molecule has 0 aliphatic rings. The molecule has 0 amide bonds. The molecule has 0 aliphatic carbocycles. The minimum Gasteiger partial charge on any atom is -0.478 e. The zero-order valence-electron chi connectivity index (χ0n) is 9.80. The number of esters is 1. The highest BCUT2D eigenvalue weighted by Crippen LogP contribution is 2.12. The molecule has 1 rings (SSSR count). The largest absolute Gasteiger partial charge is 0.478 e. The van der Waals surface area contributed by atoms with Crippen LogP contribution in [0.15, 0.2) is 36.4 Å². The Morgan fingerprint density at radius 1 is 1.33 bits per heavy atom. The van der Waals surface area contributed by atoms with Gasteiger partial charge in [0.15, 0.2) is 0 Å². The predicted molar refractivity (Wildman–Crippen MR) is 67.5 cm³/mol. The Balaban J connectivity index is 2.46. The third-order valence-electron chi connectivity index (χ3n) is 2.12. The highest BCUT2D eigenvalue weighted by Gasteiger charge is 2.08. The summed E-state index contributed by atoms with van der Waals surface area (Å²) < 4.78 is 5.01. The Morgan fingerprint density at radius 3 is 2.50 bits per heavy atom. The second kappa shape index (κ2) is 6.81. The van der Waals surface area contributed by atoms with Crippen molar-refractivity contribution in [2.75, 3.05) is 0 Å². The summed E-state index contributed by atoms with van der Waals surface area (Å²) in [5, 5.41) is 9.00. The number of carboxylic acids is 1. The second-order valence-corrected chi connectivity index (χ2v) is 4.19. The third-order valence-corrected chi connectivity index (χ3v) is 2.37. The minimum atomic E-state index is -1.18. The standard InChI is InChI=1S/C13H13ClO4/c1-9(18-13(17)7-6-12(15)16)8-10-2-4-11(14)5-3-10/h2-7,9H,8H2,1H3,(H,15,16)/b7-6-/t9-/m1/s1. The molecule has 96 valence electrons. The van der Waals surface area contributed by atoms with Crippen molar-refractivity contribution in [3.63, 3.8) is 0 Å². The van der Waals surface area contributed by atoms with Crippen molar-refractivity contribution in [3.8, 4) is 0 Å². The van der Waals surface area contributed by atoms with Gasteiger partial charge in [-0.1, -0.05) is 23.7 Å². The maximum Gasteiger partial charge on any atom is 0.331 e. The average Bonchev–Trinajstić information content (AvgIpc) is 2.29. The topological polar surface area (TPSA) is 63.6 Å². The summed E-state index contributed by atoms with van der Waals surface area (Å²) >= 11 is 5.75. The third kappa shape index (κ3) is 5.50. The Labute approximate surface area is 110 Å². The summed E-state index contributed by atoms with van der Waals surface area (Å²) in [6.07, 6.45) is 1.85. The molecule has 1 N–H and O–H groups in total. The van der Waals surface area contributed by atoms with Crippen molar-refractivity contribution >= 4 is 23.5 Å². The normalized spacial score (nSPS) is 12.3. The van der Waals surface area contributed by atoms with E-state index < -0.39 is 11.9 Å². The molecule has 0 fully saturated rings. The van der Waals surface area contributed by atoms with Crippen molar-refractivity contribution in [3.05, 3.63) is 47.0 Å². The van der Waals surface area contributed by atoms with Crippen molar-refractivity contribution in [1.82, 2.24) is 0 Å². The number of carboxylic acid groups (broad SMARTS) is 1. The van der Waals surface area contributed by atoms with Crippen LogP contribution in [0.4, 0.5) is 0 Å². The summed E-state index contributed by atoms with van der Waals surface area (Å²) in [5.74, 6) is -1.85. The minimum absolute atomic E-state index is 0.336. The van der Waals surface area contributed by atoms with Gasteiger partial charge in [-0.05, 0) is 24.6 Å². The number of hydrogen-bond donors (Lipinski definition) is 1. The average molecular weight is 269 g/mol. The number of rotatable bonds is 5. The van der Waals surface area contributed by atoms with Gasteiger partial charge in [-0.25, -0.2) is 9.59 Å². The number of benzene rings is 1. The summed E-state index contributed by atoms with van der Waals surface area (Å²) in [4.78, 5) is 21.4. The van der Waals surface area contributed by atoms with Crippen LogP contribution in [0.25, 0.3) is 0 Å². The van der Waals surface area contributed by atoms with Gasteiger partial charge >= 0.3 is 11.9 Å². The Morgan fingerprint density at radius 2 is 1.94 bits per heavy atom. The fourth-order valence-electron chi connectivity index (χ4n) is 1.37. The smallest absolute Gasteiger partial charge is 0.331 e. The molecule has 1 atom stereocenters. The molecule has 0 aliphatic heterocycles. The number of hydrogen-bond acceptors (Lipinski definition) is 3. The Hall–Kier alpha value is -1.81. The van der Waals surface area contributed by atoms with Crippen LogP contribution in [0.5, 0.6) is 0 Å². The summed E-state index contributed by atoms with van der Waals surface area (Å²) in [6.45, 7) is 1.74. The van der Waals surface area contributed by atoms with E-state index in [1.54, 1.807) is 19.1 Å². The van der Waals surface area contributed by atoms with Gasteiger partial charge in [-0.2, -0.15) is 0 Å². The van der Waals surface area contributed by atoms with Crippen LogP contribution in [-0.4, -0.2) is 23.1 Å². The zero-order valence-corrected chi connectivity index (χ0v) is 10.6. The van der Waals surface area contributed by atoms with Gasteiger partial charge < -0.3 is 9.84 Å². The summed E-state index contributed by atoms with van der Waals surface area (Å²) in [7, 11) is 0. The molecule has 0 aromatic heterocycles. The van der Waals surface area contributed by atoms with E-state index in [1.807, 2.05) is 12.1 Å². The number of ether oxygens (including phenoxy) is 1. The molecule has 18 heavy (non-hydrogen) atoms. The first-order valence-electron chi connectivity index (χ1n) is 5.33. The molecule has 0 heterocycles. The molecule has 0 spiro atoms. The first-order valence-corrected chi connectivity index (χ1v) is 5.71. The maximum absolute atomic E-state index is 11.2. The van der Waals surface area contributed by atoms with Crippen LogP contribution in [0.1, 0.15) is 12.5 Å². The van der Waals surface area contributed by atoms with Crippen molar-refractivity contribution in [2.45, 2.75) is 19.4 Å². The van der Waals surface area contributed by atoms with Gasteiger partial charge in [-0.3, -0.25) is 0 Å². The van der Waals surface area contributed by atoms with Gasteiger partial charge in [0.05, 0.1) is 0 Å². The van der Waals surface area contributed by atoms with Crippen molar-refractivity contribution in [1.29, 1.82) is 0 Å². The highest BCUT2D eigenvalue weighted by molar-refractivity contribution is 6.30. The molecular formula is C13H13ClO4. The molecule has 0 radical (unpaired) electrons. The molecule has 4 nitrogen and oxygen atoms in total. The summed E-state index contributed by atoms with van der Waals surface area (Å²) in [5.41, 5.74) is 0.988. The van der Waals surface area contributed by atoms with E-state index in [0.717, 1.165) is 17.7 Å². The van der Waals surface area contributed by atoms with E-state index >= 15 is 0 Å². The monoisotopic (exact) mass is 268 g/mol. The van der Waals surface area contributed by atoms with Crippen molar-refractivity contribution < 1.29 is 19.4 Å². The predicted octanol–water partition coefficient (Wildman–Crippen LogP) is 2.46. The van der Waals surface area contributed by atoms with Crippen LogP contribution in [0.2, 0.25) is 5.02 Å². The van der Waals surface area contributed by atoms with Crippen LogP contribution < -0.4 is 0 Å². The lowest BCUT2D eigenvalue weighted by molar-refractivity contribution is -0.142. The molecule has 1 aromatic rings. The van der Waals surface area contributed by atoms with E-state index in [-0.39, 0.29) is 6.10 Å². The van der Waals surface area contributed by atoms with Crippen molar-refractivity contribution in [2.24, 2.45) is 0 Å². The van der Waals surface area contributed by atoms with Crippen LogP contribution in [-0.2, 0) is 20.7 Å². The Kier molecular flexibility index (Phi) is 5.39. The maximum atomic E-state index is 11.2. The SMILES string of the molecule is C[C@H](Cc1ccc(Cl)cc1)OC(=O)/C=C\C(=O)O. The van der Waals surface area contributed by atoms with Crippen LogP contribution >= 0.6 is 11.6 Å². The van der Waals surface area contributed by atoms with Gasteiger partial charge in [-0.15, -0.1) is 0 Å². The molecular weight excluding hydrogens is 256 g/mol. The molecule has 0 unspecified atom stereocenters. The number of carbonyl (C=O) groups excluding carboxylic acids is 1. The second-order valence-electron chi connectivity index (χ2n) is 3.75. The molecule has 1 aromatic carbocycles. The number of aliphatic carboxylic acids is 1. The van der Waals surface area contributed by atoms with E-state index in [4.69, 9.17) is 21.4 Å². The molecule has 0 bridgehead atoms. The number of carbonyl (C=O) groups is 2. The fourth-order valence-corrected chi connectivity index (χ4v) is 1.50. The first-order chi connectivity index (χ1) is 8.47. The lowest BCUT2D eigenvalue weighted by Crippen LogP contribution is -2.15. The lowest BCUT2D eigenvalue weighted by atomic mass is 10.1. The van der Waals surface area contributed by atoms with Crippen LogP contribution in [0.3, 0.4) is 0 Å². The fraction of sp³-hybridized carbons (Fsp3) is 0.231. The molecule has 0 saturated heterocycles. The lowest BCUT2D eigenvalue weighted by Gasteiger charge is -2.11. The van der Waals surface area contributed by atoms with Gasteiger partial charge in [0.2, 0.25) is 0 Å².